The number of sulfonamides is 1. The minimum Gasteiger partial charge on any atom is -0.373 e. The maximum absolute atomic E-state index is 11.7. The molecule has 0 aliphatic rings. The Morgan fingerprint density at radius 1 is 1.44 bits per heavy atom. The van der Waals surface area contributed by atoms with Crippen LogP contribution < -0.4 is 5.14 Å². The summed E-state index contributed by atoms with van der Waals surface area (Å²) in [6, 6.07) is 1.08. The molecular formula is C7H9NO5S3. The summed E-state index contributed by atoms with van der Waals surface area (Å²) in [5, 5.41) is 15.3. The minimum absolute atomic E-state index is 0.492. The number of primary sulfonamides is 1. The van der Waals surface area contributed by atoms with Crippen molar-refractivity contribution in [1.82, 2.24) is 0 Å². The summed E-state index contributed by atoms with van der Waals surface area (Å²) in [6.45, 7) is 3.12. The van der Waals surface area contributed by atoms with Gasteiger partial charge in [-0.15, -0.1) is 11.3 Å². The van der Waals surface area contributed by atoms with Crippen LogP contribution in [-0.2, 0) is 19.9 Å². The molecule has 0 bridgehead atoms. The van der Waals surface area contributed by atoms with E-state index in [1.54, 1.807) is 0 Å². The highest BCUT2D eigenvalue weighted by Gasteiger charge is 2.30. The average Bonchev–Trinajstić information content (AvgIpc) is 2.64. The normalized spacial score (nSPS) is 14.6. The van der Waals surface area contributed by atoms with Crippen LogP contribution >= 0.6 is 11.3 Å². The van der Waals surface area contributed by atoms with Crippen molar-refractivity contribution in [2.75, 3.05) is 0 Å². The number of hydrogen-bond donors (Lipinski definition) is 2. The van der Waals surface area contributed by atoms with Gasteiger partial charge in [-0.2, -0.15) is 0 Å². The van der Waals surface area contributed by atoms with Crippen LogP contribution in [0.4, 0.5) is 0 Å². The maximum Gasteiger partial charge on any atom is 0.248 e. The summed E-state index contributed by atoms with van der Waals surface area (Å²) in [4.78, 5) is -0.507. The smallest absolute Gasteiger partial charge is 0.248 e. The van der Waals surface area contributed by atoms with Gasteiger partial charge >= 0.3 is 0 Å². The van der Waals surface area contributed by atoms with Crippen molar-refractivity contribution in [3.8, 4) is 0 Å². The highest BCUT2D eigenvalue weighted by molar-refractivity contribution is 7.95. The quantitative estimate of drug-likeness (QED) is 0.734. The zero-order chi connectivity index (χ0) is 12.6. The van der Waals surface area contributed by atoms with Gasteiger partial charge in [0.25, 0.3) is 0 Å². The number of thiophene rings is 1. The molecule has 90 valence electrons. The molecule has 1 aromatic heterocycles. The fourth-order valence-corrected chi connectivity index (χ4v) is 4.80. The molecule has 9 heteroatoms. The summed E-state index contributed by atoms with van der Waals surface area (Å²) in [7, 11) is -8.29. The Balaban J connectivity index is 3.48. The Bertz CT molecular complexity index is 598. The first-order chi connectivity index (χ1) is 7.21. The second-order valence-electron chi connectivity index (χ2n) is 2.79. The van der Waals surface area contributed by atoms with Gasteiger partial charge in [0, 0.05) is 0 Å². The Kier molecular flexibility index (Phi) is 3.55. The highest BCUT2D eigenvalue weighted by Crippen LogP contribution is 2.28. The van der Waals surface area contributed by atoms with Crippen LogP contribution in [-0.4, -0.2) is 27.4 Å². The fraction of sp³-hybridized carbons (Fsp3) is 0.143. The van der Waals surface area contributed by atoms with E-state index in [0.29, 0.717) is 11.3 Å². The zero-order valence-electron chi connectivity index (χ0n) is 7.90. The Morgan fingerprint density at radius 3 is 2.44 bits per heavy atom. The zero-order valence-corrected chi connectivity index (χ0v) is 10.3. The van der Waals surface area contributed by atoms with E-state index in [1.165, 1.54) is 5.38 Å². The van der Waals surface area contributed by atoms with Gasteiger partial charge in [0.15, 0.2) is 9.65 Å². The number of nitrogens with two attached hydrogens (primary N) is 1. The molecule has 1 rings (SSSR count). The van der Waals surface area contributed by atoms with Crippen molar-refractivity contribution in [2.45, 2.75) is 14.5 Å². The molecule has 1 aromatic rings. The van der Waals surface area contributed by atoms with Crippen LogP contribution in [0.2, 0.25) is 0 Å². The van der Waals surface area contributed by atoms with Gasteiger partial charge in [0.05, 0.1) is 0 Å². The van der Waals surface area contributed by atoms with E-state index in [-0.39, 0.29) is 0 Å². The topological polar surface area (TPSA) is 115 Å². The number of sulfone groups is 1. The number of aliphatic hydroxyl groups is 1. The van der Waals surface area contributed by atoms with E-state index in [9.17, 15) is 21.9 Å². The summed E-state index contributed by atoms with van der Waals surface area (Å²) in [6.07, 6.45) is 0.792. The molecule has 0 spiro atoms. The first-order valence-electron chi connectivity index (χ1n) is 3.86. The molecular weight excluding hydrogens is 274 g/mol. The third-order valence-corrected chi connectivity index (χ3v) is 6.15. The van der Waals surface area contributed by atoms with Gasteiger partial charge in [-0.3, -0.25) is 0 Å². The lowest BCUT2D eigenvalue weighted by molar-refractivity contribution is 0.294. The first kappa shape index (κ1) is 13.3. The monoisotopic (exact) mass is 283 g/mol. The van der Waals surface area contributed by atoms with E-state index >= 15 is 0 Å². The molecule has 0 radical (unpaired) electrons. The molecule has 0 aliphatic carbocycles. The largest absolute Gasteiger partial charge is 0.373 e. The van der Waals surface area contributed by atoms with Gasteiger partial charge in [-0.25, -0.2) is 22.0 Å². The SMILES string of the molecule is C=CC(O)S(=O)(=O)c1ccsc1S(N)(=O)=O. The molecule has 3 N–H and O–H groups in total. The van der Waals surface area contributed by atoms with Crippen molar-refractivity contribution >= 4 is 31.2 Å². The molecule has 0 aliphatic heterocycles. The third-order valence-electron chi connectivity index (χ3n) is 1.68. The summed E-state index contributed by atoms with van der Waals surface area (Å²) >= 11 is 0.674. The third kappa shape index (κ3) is 2.33. The van der Waals surface area contributed by atoms with Crippen molar-refractivity contribution in [3.63, 3.8) is 0 Å². The molecule has 0 amide bonds. The van der Waals surface area contributed by atoms with E-state index in [1.807, 2.05) is 0 Å². The van der Waals surface area contributed by atoms with E-state index in [4.69, 9.17) is 5.14 Å². The number of hydrogen-bond acceptors (Lipinski definition) is 6. The highest BCUT2D eigenvalue weighted by atomic mass is 32.2. The molecule has 0 saturated heterocycles. The summed E-state index contributed by atoms with van der Waals surface area (Å²) in [5.41, 5.74) is -1.86. The molecule has 0 aromatic carbocycles. The average molecular weight is 283 g/mol. The molecule has 1 heterocycles. The van der Waals surface area contributed by atoms with Crippen molar-refractivity contribution in [1.29, 1.82) is 0 Å². The summed E-state index contributed by atoms with van der Waals surface area (Å²) in [5.74, 6) is 0. The fourth-order valence-electron chi connectivity index (χ4n) is 0.959. The van der Waals surface area contributed by atoms with Crippen LogP contribution in [0, 0.1) is 0 Å². The molecule has 1 unspecified atom stereocenters. The lowest BCUT2D eigenvalue weighted by Gasteiger charge is -2.07. The second kappa shape index (κ2) is 4.26. The Hall–Kier alpha value is -0.740. The Labute approximate surface area is 97.0 Å². The lowest BCUT2D eigenvalue weighted by Crippen LogP contribution is -2.21. The van der Waals surface area contributed by atoms with Crippen molar-refractivity contribution in [3.05, 3.63) is 24.1 Å². The molecule has 0 fully saturated rings. The van der Waals surface area contributed by atoms with Gasteiger partial charge in [-0.05, 0) is 17.5 Å². The standard InChI is InChI=1S/C7H9NO5S3/c1-2-6(9)15(10,11)5-3-4-14-7(5)16(8,12)13/h2-4,6,9H,1H2,(H2,8,12,13). The number of rotatable bonds is 4. The molecule has 16 heavy (non-hydrogen) atoms. The van der Waals surface area contributed by atoms with E-state index < -0.39 is 34.4 Å². The van der Waals surface area contributed by atoms with Crippen molar-refractivity contribution in [2.24, 2.45) is 5.14 Å². The van der Waals surface area contributed by atoms with Crippen LogP contribution in [0.3, 0.4) is 0 Å². The molecule has 6 nitrogen and oxygen atoms in total. The van der Waals surface area contributed by atoms with E-state index in [0.717, 1.165) is 12.1 Å². The van der Waals surface area contributed by atoms with Crippen LogP contribution in [0.25, 0.3) is 0 Å². The first-order valence-corrected chi connectivity index (χ1v) is 7.83. The van der Waals surface area contributed by atoms with Crippen LogP contribution in [0.15, 0.2) is 33.2 Å². The minimum atomic E-state index is -4.17. The van der Waals surface area contributed by atoms with E-state index in [2.05, 4.69) is 6.58 Å². The van der Waals surface area contributed by atoms with Crippen LogP contribution in [0.5, 0.6) is 0 Å². The van der Waals surface area contributed by atoms with Gasteiger partial charge in [0.2, 0.25) is 19.9 Å². The predicted molar refractivity (Wildman–Crippen MR) is 59.1 cm³/mol. The second-order valence-corrected chi connectivity index (χ2v) is 7.47. The molecule has 0 saturated carbocycles. The van der Waals surface area contributed by atoms with Gasteiger partial charge < -0.3 is 5.11 Å². The van der Waals surface area contributed by atoms with Crippen LogP contribution in [0.1, 0.15) is 0 Å². The maximum atomic E-state index is 11.7. The number of aliphatic hydroxyl groups excluding tert-OH is 1. The Morgan fingerprint density at radius 2 is 2.00 bits per heavy atom. The summed E-state index contributed by atoms with van der Waals surface area (Å²) < 4.78 is 45.0. The van der Waals surface area contributed by atoms with Gasteiger partial charge in [-0.1, -0.05) is 6.58 Å². The van der Waals surface area contributed by atoms with Crippen molar-refractivity contribution < 1.29 is 21.9 Å². The van der Waals surface area contributed by atoms with Gasteiger partial charge in [0.1, 0.15) is 4.90 Å². The predicted octanol–water partition coefficient (Wildman–Crippen LogP) is -0.326. The lowest BCUT2D eigenvalue weighted by atomic mass is 10.7. The molecule has 1 atom stereocenters.